The predicted molar refractivity (Wildman–Crippen MR) is 174 cm³/mol. The Morgan fingerprint density at radius 2 is 0.923 bits per heavy atom. The summed E-state index contributed by atoms with van der Waals surface area (Å²) in [6.45, 7) is 23.7. The summed E-state index contributed by atoms with van der Waals surface area (Å²) in [6.07, 6.45) is 8.83. The van der Waals surface area contributed by atoms with E-state index in [0.29, 0.717) is 6.29 Å². The van der Waals surface area contributed by atoms with Gasteiger partial charge in [0.05, 0.1) is 0 Å². The summed E-state index contributed by atoms with van der Waals surface area (Å²) in [5.74, 6) is 0. The van der Waals surface area contributed by atoms with Crippen LogP contribution >= 0.6 is 0 Å². The van der Waals surface area contributed by atoms with Crippen LogP contribution in [0.25, 0.3) is 0 Å². The van der Waals surface area contributed by atoms with Gasteiger partial charge >= 0.3 is 0 Å². The largest absolute Gasteiger partial charge is 0.459 e. The van der Waals surface area contributed by atoms with E-state index in [0.717, 1.165) is 0 Å². The summed E-state index contributed by atoms with van der Waals surface area (Å²) in [7, 11) is 3.83. The fraction of sp³-hybridized carbons (Fsp3) is 0.559. The molecule has 0 bridgehead atoms. The number of carbonyl (C=O) groups excluding carboxylic acids is 1. The minimum atomic E-state index is 0. The molecule has 2 aromatic rings. The normalized spacial score (nSPS) is 11.6. The third-order valence-corrected chi connectivity index (χ3v) is 3.87. The van der Waals surface area contributed by atoms with Gasteiger partial charge in [-0.15, -0.1) is 0 Å². The molecule has 2 aliphatic heterocycles. The van der Waals surface area contributed by atoms with Crippen molar-refractivity contribution in [2.75, 3.05) is 26.2 Å². The number of nitrogens with one attached hydrogen (secondary N) is 1. The van der Waals surface area contributed by atoms with Gasteiger partial charge in [0.25, 0.3) is 0 Å². The zero-order chi connectivity index (χ0) is 28.5. The van der Waals surface area contributed by atoms with Crippen LogP contribution in [-0.4, -0.2) is 37.4 Å². The van der Waals surface area contributed by atoms with Gasteiger partial charge in [-0.25, -0.2) is 0 Å². The molecular weight excluding hydrogens is 630 g/mol. The van der Waals surface area contributed by atoms with Crippen molar-refractivity contribution in [1.29, 1.82) is 0 Å². The van der Waals surface area contributed by atoms with E-state index in [1.165, 1.54) is 64.7 Å². The monoisotopic (exact) mass is 696 g/mol. The molecule has 5 heteroatoms. The molecule has 2 heterocycles. The molecule has 0 amide bonds. The third-order valence-electron chi connectivity index (χ3n) is 3.87. The van der Waals surface area contributed by atoms with Gasteiger partial charge in [-0.1, -0.05) is 75.7 Å². The fourth-order valence-corrected chi connectivity index (χ4v) is 2.45. The number of piperidine rings is 2. The van der Waals surface area contributed by atoms with Gasteiger partial charge in [0.2, 0.25) is 0 Å². The second kappa shape index (κ2) is 71.4. The number of hydrogen-bond donors (Lipinski definition) is 1. The Bertz CT molecular complexity index is 417. The number of aldehydes is 1. The van der Waals surface area contributed by atoms with Gasteiger partial charge in [-0.3, -0.25) is 7.05 Å². The Morgan fingerprint density at radius 3 is 1.03 bits per heavy atom. The number of rotatable bonds is 0. The summed E-state index contributed by atoms with van der Waals surface area (Å²) in [4.78, 5) is 10.8. The van der Waals surface area contributed by atoms with Gasteiger partial charge in [0.1, 0.15) is 0 Å². The van der Waals surface area contributed by atoms with Gasteiger partial charge < -0.3 is 21.9 Å². The first-order valence-corrected chi connectivity index (χ1v) is 14.1. The molecule has 2 saturated heterocycles. The van der Waals surface area contributed by atoms with Crippen molar-refractivity contribution >= 4 is 6.29 Å². The Kier molecular flexibility index (Phi) is 107. The van der Waals surface area contributed by atoms with Crippen LogP contribution in [0.5, 0.6) is 0 Å². The molecule has 228 valence electrons. The van der Waals surface area contributed by atoms with Crippen molar-refractivity contribution in [2.45, 2.75) is 101 Å². The maximum Gasteiger partial charge on any atom is 0 e. The summed E-state index contributed by atoms with van der Waals surface area (Å²) in [5, 5.41) is 3.28. The van der Waals surface area contributed by atoms with Crippen molar-refractivity contribution in [3.8, 4) is 0 Å². The minimum absolute atomic E-state index is 0. The van der Waals surface area contributed by atoms with Gasteiger partial charge in [0.15, 0.2) is 0 Å². The number of hydrogen-bond acceptors (Lipinski definition) is 3. The molecule has 3 nitrogen and oxygen atoms in total. The first-order valence-electron chi connectivity index (χ1n) is 14.1. The van der Waals surface area contributed by atoms with E-state index in [2.05, 4.69) is 36.3 Å². The van der Waals surface area contributed by atoms with Crippen LogP contribution < -0.4 is 5.32 Å². The molecule has 2 fully saturated rings. The van der Waals surface area contributed by atoms with Gasteiger partial charge in [-0.05, 0) is 58.1 Å². The Morgan fingerprint density at radius 1 is 0.641 bits per heavy atom. The van der Waals surface area contributed by atoms with Gasteiger partial charge in [0, 0.05) is 66.8 Å². The minimum Gasteiger partial charge on any atom is -0.459 e. The van der Waals surface area contributed by atoms with Crippen LogP contribution in [0.3, 0.4) is 0 Å². The third kappa shape index (κ3) is 72.9. The zero-order valence-corrected chi connectivity index (χ0v) is 32.0. The molecule has 1 N–H and O–H groups in total. The summed E-state index contributed by atoms with van der Waals surface area (Å²) < 4.78 is 0. The Hall–Kier alpha value is 0.108. The van der Waals surface area contributed by atoms with E-state index in [-0.39, 0.29) is 74.3 Å². The van der Waals surface area contributed by atoms with Crippen molar-refractivity contribution < 1.29 is 71.6 Å². The maximum atomic E-state index is 8.69. The van der Waals surface area contributed by atoms with E-state index in [9.17, 15) is 0 Å². The van der Waals surface area contributed by atoms with Crippen molar-refractivity contribution in [3.05, 3.63) is 86.8 Å². The number of likely N-dealkylation sites (tertiary alicyclic amines) is 1. The van der Waals surface area contributed by atoms with E-state index >= 15 is 0 Å². The molecule has 0 spiro atoms. The van der Waals surface area contributed by atoms with Crippen LogP contribution in [0.1, 0.15) is 103 Å². The molecule has 2 aromatic carbocycles. The SMILES string of the molecule is C.C1CCNCC1.CC.CC.CC.CC.[CH2-]C=O.[CH2-]N1CCCCC1.[HH].[Y].[Y].[c-]1ccccc1.[c-]1ccccc1. The Labute approximate surface area is 299 Å². The molecule has 4 rings (SSSR count). The average molecular weight is 697 g/mol. The van der Waals surface area contributed by atoms with Crippen molar-refractivity contribution in [2.24, 2.45) is 0 Å². The predicted octanol–water partition coefficient (Wildman–Crippen LogP) is 10.00. The average Bonchev–Trinajstić information content (AvgIpc) is 3.02. The second-order valence-corrected chi connectivity index (χ2v) is 6.31. The Balaban J connectivity index is -0.0000000399. The molecule has 2 radical (unpaired) electrons. The fourth-order valence-electron chi connectivity index (χ4n) is 2.45. The quantitative estimate of drug-likeness (QED) is 0.220. The molecule has 0 unspecified atom stereocenters. The second-order valence-electron chi connectivity index (χ2n) is 6.31. The maximum absolute atomic E-state index is 8.69. The summed E-state index contributed by atoms with van der Waals surface area (Å²) in [6, 6.07) is 25.0. The number of carbonyl (C=O) groups is 1. The van der Waals surface area contributed by atoms with E-state index in [1.54, 1.807) is 0 Å². The van der Waals surface area contributed by atoms with Crippen LogP contribution in [0.15, 0.2) is 60.7 Å². The van der Waals surface area contributed by atoms with Gasteiger partial charge in [-0.2, -0.15) is 72.8 Å². The van der Waals surface area contributed by atoms with E-state index < -0.39 is 0 Å². The first kappa shape index (κ1) is 58.7. The zero-order valence-electron chi connectivity index (χ0n) is 26.3. The molecular formula is C34H66N2OY2-4. The molecule has 0 aromatic heterocycles. The van der Waals surface area contributed by atoms with Crippen LogP contribution in [0.2, 0.25) is 0 Å². The van der Waals surface area contributed by atoms with Crippen LogP contribution in [0.4, 0.5) is 0 Å². The summed E-state index contributed by atoms with van der Waals surface area (Å²) >= 11 is 0. The summed E-state index contributed by atoms with van der Waals surface area (Å²) in [5.41, 5.74) is 0. The number of benzene rings is 2. The van der Waals surface area contributed by atoms with Crippen molar-refractivity contribution in [3.63, 3.8) is 0 Å². The standard InChI is InChI=1S/C6H12N.2C6H5.C5H11N.C2H3O.4C2H6.CH4.2Y.H2/c1-7-5-3-2-4-6-7;3*1-2-4-6-5-3-1;1-2-3;4*1-2;;;;/h1-6H2;2*1-5H;6H,1-5H2;2H,1H2;4*1-2H3;1H4;;;1H/q3*-1;;-1;;;;;;;;. The smallest absolute Gasteiger partial charge is 0 e. The molecule has 0 atom stereocenters. The van der Waals surface area contributed by atoms with Crippen molar-refractivity contribution in [1.82, 2.24) is 10.2 Å². The number of nitrogens with zero attached hydrogens (tertiary/aromatic N) is 1. The molecule has 0 saturated carbocycles. The molecule has 39 heavy (non-hydrogen) atoms. The van der Waals surface area contributed by atoms with Crippen LogP contribution in [0, 0.1) is 26.1 Å². The topological polar surface area (TPSA) is 32.3 Å². The molecule has 2 aliphatic rings. The van der Waals surface area contributed by atoms with Crippen LogP contribution in [-0.2, 0) is 70.2 Å². The van der Waals surface area contributed by atoms with E-state index in [4.69, 9.17) is 4.79 Å². The van der Waals surface area contributed by atoms with E-state index in [1.807, 2.05) is 116 Å². The molecule has 0 aliphatic carbocycles. The first-order chi connectivity index (χ1) is 17.8.